The fraction of sp³-hybridized carbons (Fsp3) is 0.167. The molecule has 0 bridgehead atoms. The zero-order valence-corrected chi connectivity index (χ0v) is 15.5. The van der Waals surface area contributed by atoms with Crippen molar-refractivity contribution in [2.24, 2.45) is 0 Å². The molecule has 0 unspecified atom stereocenters. The minimum Gasteiger partial charge on any atom is -1.00 e. The summed E-state index contributed by atoms with van der Waals surface area (Å²) < 4.78 is 0. The average Bonchev–Trinajstić information content (AvgIpc) is 2.17. The predicted molar refractivity (Wildman–Crippen MR) is 81.3 cm³/mol. The molecule has 0 aliphatic heterocycles. The predicted octanol–water partition coefficient (Wildman–Crippen LogP) is -3.21. The van der Waals surface area contributed by atoms with Gasteiger partial charge in [-0.1, -0.05) is 12.1 Å². The molecule has 0 amide bonds. The van der Waals surface area contributed by atoms with Crippen molar-refractivity contribution >= 4 is 36.4 Å². The van der Waals surface area contributed by atoms with Gasteiger partial charge in [0.05, 0.1) is 0 Å². The van der Waals surface area contributed by atoms with E-state index >= 15 is 0 Å². The Bertz CT molecular complexity index is 397. The van der Waals surface area contributed by atoms with Crippen molar-refractivity contribution < 1.29 is 41.9 Å². The summed E-state index contributed by atoms with van der Waals surface area (Å²) in [5.41, 5.74) is 12.6. The Morgan fingerprint density at radius 2 is 1.00 bits per heavy atom. The molecule has 9 heteroatoms. The molecule has 0 atom stereocenters. The summed E-state index contributed by atoms with van der Waals surface area (Å²) in [5.74, 6) is 1.18. The SMILES string of the molecule is Cc1cccc(N)n1.Cc1cccc(N)n1.Cl.Cl.[Cl-].[Cl-].[Cu+2]. The van der Waals surface area contributed by atoms with E-state index in [1.165, 1.54) is 0 Å². The van der Waals surface area contributed by atoms with Gasteiger partial charge in [0, 0.05) is 11.4 Å². The van der Waals surface area contributed by atoms with Crippen molar-refractivity contribution in [3.05, 3.63) is 47.8 Å². The Kier molecular flexibility index (Phi) is 27.3. The van der Waals surface area contributed by atoms with Gasteiger partial charge in [-0.25, -0.2) is 9.97 Å². The molecular weight excluding hydrogens is 406 g/mol. The molecule has 1 radical (unpaired) electrons. The van der Waals surface area contributed by atoms with Gasteiger partial charge >= 0.3 is 17.1 Å². The number of aryl methyl sites for hydroxylation is 2. The summed E-state index contributed by atoms with van der Waals surface area (Å²) in [6.45, 7) is 3.83. The summed E-state index contributed by atoms with van der Waals surface area (Å²) in [6, 6.07) is 11.1. The van der Waals surface area contributed by atoms with Crippen LogP contribution in [0.2, 0.25) is 0 Å². The summed E-state index contributed by atoms with van der Waals surface area (Å²) >= 11 is 0. The Balaban J connectivity index is -0.0000000656. The second-order valence-corrected chi connectivity index (χ2v) is 3.41. The summed E-state index contributed by atoms with van der Waals surface area (Å²) in [6.07, 6.45) is 0. The van der Waals surface area contributed by atoms with E-state index in [0.29, 0.717) is 11.6 Å². The van der Waals surface area contributed by atoms with E-state index in [1.54, 1.807) is 12.1 Å². The Morgan fingerprint density at radius 3 is 1.14 bits per heavy atom. The maximum Gasteiger partial charge on any atom is 2.00 e. The molecule has 0 spiro atoms. The molecule has 2 rings (SSSR count). The Labute approximate surface area is 161 Å². The molecule has 0 saturated heterocycles. The zero-order valence-electron chi connectivity index (χ0n) is 11.4. The molecule has 21 heavy (non-hydrogen) atoms. The van der Waals surface area contributed by atoms with E-state index in [2.05, 4.69) is 9.97 Å². The van der Waals surface area contributed by atoms with Gasteiger partial charge in [0.2, 0.25) is 0 Å². The maximum absolute atomic E-state index is 5.35. The first kappa shape index (κ1) is 32.5. The number of anilines is 2. The molecule has 2 heterocycles. The minimum absolute atomic E-state index is 0. The van der Waals surface area contributed by atoms with Crippen LogP contribution >= 0.6 is 24.8 Å². The van der Waals surface area contributed by atoms with Crippen molar-refractivity contribution in [3.8, 4) is 0 Å². The monoisotopic (exact) mass is 421 g/mol. The minimum atomic E-state index is 0. The van der Waals surface area contributed by atoms with E-state index in [1.807, 2.05) is 38.1 Å². The van der Waals surface area contributed by atoms with Gasteiger partial charge in [-0.05, 0) is 38.1 Å². The summed E-state index contributed by atoms with van der Waals surface area (Å²) in [7, 11) is 0. The van der Waals surface area contributed by atoms with Crippen molar-refractivity contribution in [2.45, 2.75) is 13.8 Å². The summed E-state index contributed by atoms with van der Waals surface area (Å²) in [4.78, 5) is 7.90. The first-order valence-corrected chi connectivity index (χ1v) is 4.96. The normalized spacial score (nSPS) is 6.95. The van der Waals surface area contributed by atoms with Crippen molar-refractivity contribution in [3.63, 3.8) is 0 Å². The number of hydrogen-bond donors (Lipinski definition) is 2. The van der Waals surface area contributed by atoms with E-state index in [0.717, 1.165) is 11.4 Å². The largest absolute Gasteiger partial charge is 2.00 e. The van der Waals surface area contributed by atoms with E-state index in [-0.39, 0.29) is 66.7 Å². The average molecular weight is 424 g/mol. The van der Waals surface area contributed by atoms with Crippen LogP contribution in [-0.2, 0) is 17.1 Å². The standard InChI is InChI=1S/2C6H8N2.4ClH.Cu/c2*1-5-3-2-4-6(7)8-5;;;;;/h2*2-4H,1H3,(H2,7,8);4*1H;/q;;;;;;+2/p-2. The van der Waals surface area contributed by atoms with Crippen LogP contribution in [0.15, 0.2) is 36.4 Å². The van der Waals surface area contributed by atoms with E-state index in [4.69, 9.17) is 11.5 Å². The van der Waals surface area contributed by atoms with Crippen LogP contribution in [0.4, 0.5) is 11.6 Å². The van der Waals surface area contributed by atoms with Crippen LogP contribution in [0.3, 0.4) is 0 Å². The molecule has 0 aliphatic carbocycles. The molecule has 4 N–H and O–H groups in total. The van der Waals surface area contributed by atoms with Gasteiger partial charge in [-0.15, -0.1) is 24.8 Å². The number of pyridine rings is 2. The van der Waals surface area contributed by atoms with Gasteiger partial charge < -0.3 is 36.3 Å². The number of nitrogen functional groups attached to an aromatic ring is 2. The van der Waals surface area contributed by atoms with Crippen LogP contribution in [0, 0.1) is 13.8 Å². The molecule has 2 aromatic rings. The van der Waals surface area contributed by atoms with Gasteiger partial charge in [-0.2, -0.15) is 0 Å². The number of nitrogens with zero attached hydrogens (tertiary/aromatic N) is 2. The second kappa shape index (κ2) is 17.6. The number of aromatic nitrogens is 2. The first-order chi connectivity index (χ1) is 7.58. The third-order valence-electron chi connectivity index (χ3n) is 1.82. The molecule has 0 aromatic carbocycles. The van der Waals surface area contributed by atoms with Crippen LogP contribution in [0.5, 0.6) is 0 Å². The molecule has 0 saturated carbocycles. The molecule has 4 nitrogen and oxygen atoms in total. The number of halogens is 4. The van der Waals surface area contributed by atoms with Crippen molar-refractivity contribution in [1.29, 1.82) is 0 Å². The van der Waals surface area contributed by atoms with Crippen molar-refractivity contribution in [1.82, 2.24) is 9.97 Å². The molecule has 0 fully saturated rings. The molecule has 2 aromatic heterocycles. The quantitative estimate of drug-likeness (QED) is 0.438. The Morgan fingerprint density at radius 1 is 0.714 bits per heavy atom. The molecule has 125 valence electrons. The fourth-order valence-corrected chi connectivity index (χ4v) is 1.13. The van der Waals surface area contributed by atoms with Gasteiger partial charge in [0.25, 0.3) is 0 Å². The number of rotatable bonds is 0. The van der Waals surface area contributed by atoms with Gasteiger partial charge in [0.15, 0.2) is 0 Å². The first-order valence-electron chi connectivity index (χ1n) is 4.96. The fourth-order valence-electron chi connectivity index (χ4n) is 1.13. The van der Waals surface area contributed by atoms with Gasteiger partial charge in [-0.3, -0.25) is 0 Å². The maximum atomic E-state index is 5.35. The molecule has 0 aliphatic rings. The molecular formula is C12H18Cl4CuN4. The summed E-state index contributed by atoms with van der Waals surface area (Å²) in [5, 5.41) is 0. The van der Waals surface area contributed by atoms with E-state index < -0.39 is 0 Å². The van der Waals surface area contributed by atoms with Crippen molar-refractivity contribution in [2.75, 3.05) is 11.5 Å². The topological polar surface area (TPSA) is 77.8 Å². The smallest absolute Gasteiger partial charge is 1.00 e. The van der Waals surface area contributed by atoms with Gasteiger partial charge in [0.1, 0.15) is 11.6 Å². The van der Waals surface area contributed by atoms with Crippen LogP contribution in [-0.4, -0.2) is 9.97 Å². The van der Waals surface area contributed by atoms with E-state index in [9.17, 15) is 0 Å². The number of nitrogens with two attached hydrogens (primary N) is 2. The second-order valence-electron chi connectivity index (χ2n) is 3.41. The Hall–Kier alpha value is -0.421. The number of hydrogen-bond acceptors (Lipinski definition) is 4. The van der Waals surface area contributed by atoms with Crippen LogP contribution in [0.25, 0.3) is 0 Å². The third kappa shape index (κ3) is 15.8. The third-order valence-corrected chi connectivity index (χ3v) is 1.82. The van der Waals surface area contributed by atoms with Crippen LogP contribution in [0.1, 0.15) is 11.4 Å². The van der Waals surface area contributed by atoms with Crippen LogP contribution < -0.4 is 36.3 Å². The zero-order chi connectivity index (χ0) is 12.0.